The van der Waals surface area contributed by atoms with E-state index in [0.29, 0.717) is 13.1 Å². The summed E-state index contributed by atoms with van der Waals surface area (Å²) >= 11 is 0. The van der Waals surface area contributed by atoms with Gasteiger partial charge in [-0.1, -0.05) is 25.1 Å². The maximum Gasteiger partial charge on any atom is 0.211 e. The average molecular weight is 312 g/mol. The number of para-hydroxylation sites is 1. The number of hydrogen-bond acceptors (Lipinski definition) is 4. The fraction of sp³-hybridized carbons (Fsp3) is 0.600. The topological polar surface area (TPSA) is 69.6 Å². The van der Waals surface area contributed by atoms with Gasteiger partial charge in [0.25, 0.3) is 0 Å². The highest BCUT2D eigenvalue weighted by Gasteiger charge is 2.31. The minimum absolute atomic E-state index is 0.0138. The fourth-order valence-corrected chi connectivity index (χ4v) is 4.17. The lowest BCUT2D eigenvalue weighted by atomic mass is 10.0. The average Bonchev–Trinajstić information content (AvgIpc) is 2.90. The molecule has 0 aliphatic carbocycles. The third-order valence-corrected chi connectivity index (χ3v) is 5.40. The highest BCUT2D eigenvalue weighted by molar-refractivity contribution is 7.88. The highest BCUT2D eigenvalue weighted by Crippen LogP contribution is 2.27. The number of hydrogen-bond donors (Lipinski definition) is 2. The normalized spacial score (nSPS) is 21.5. The van der Waals surface area contributed by atoms with Gasteiger partial charge in [-0.05, 0) is 25.3 Å². The fourth-order valence-electron chi connectivity index (χ4n) is 2.98. The lowest BCUT2D eigenvalue weighted by Gasteiger charge is -2.25. The summed E-state index contributed by atoms with van der Waals surface area (Å²) in [5.41, 5.74) is 0.865. The van der Waals surface area contributed by atoms with Gasteiger partial charge in [0.1, 0.15) is 5.75 Å². The molecule has 2 rings (SSSR count). The molecule has 0 aromatic heterocycles. The summed E-state index contributed by atoms with van der Waals surface area (Å²) in [7, 11) is -3.14. The molecule has 0 amide bonds. The van der Waals surface area contributed by atoms with Crippen LogP contribution in [-0.4, -0.2) is 43.2 Å². The second-order valence-corrected chi connectivity index (χ2v) is 7.53. The van der Waals surface area contributed by atoms with Crippen LogP contribution in [0.4, 0.5) is 0 Å². The summed E-state index contributed by atoms with van der Waals surface area (Å²) < 4.78 is 25.1. The zero-order valence-corrected chi connectivity index (χ0v) is 13.4. The quantitative estimate of drug-likeness (QED) is 0.841. The Bertz CT molecular complexity index is 574. The van der Waals surface area contributed by atoms with Gasteiger partial charge in [-0.3, -0.25) is 0 Å². The molecule has 1 heterocycles. The van der Waals surface area contributed by atoms with Crippen LogP contribution in [0.5, 0.6) is 5.75 Å². The van der Waals surface area contributed by atoms with Crippen molar-refractivity contribution < 1.29 is 13.5 Å². The Hall–Kier alpha value is -1.11. The third-order valence-electron chi connectivity index (χ3n) is 4.07. The number of benzene rings is 1. The van der Waals surface area contributed by atoms with Gasteiger partial charge in [0.2, 0.25) is 10.0 Å². The van der Waals surface area contributed by atoms with Gasteiger partial charge < -0.3 is 10.4 Å². The molecule has 6 heteroatoms. The van der Waals surface area contributed by atoms with Gasteiger partial charge in [-0.2, -0.15) is 4.31 Å². The van der Waals surface area contributed by atoms with Crippen molar-refractivity contribution in [3.8, 4) is 5.75 Å². The van der Waals surface area contributed by atoms with Gasteiger partial charge in [0, 0.05) is 30.7 Å². The predicted octanol–water partition coefficient (Wildman–Crippen LogP) is 1.86. The molecule has 1 unspecified atom stereocenters. The number of aromatic hydroxyl groups is 1. The smallest absolute Gasteiger partial charge is 0.211 e. The van der Waals surface area contributed by atoms with Crippen molar-refractivity contribution in [1.29, 1.82) is 0 Å². The van der Waals surface area contributed by atoms with E-state index in [1.54, 1.807) is 16.4 Å². The number of phenols is 1. The molecule has 0 radical (unpaired) electrons. The van der Waals surface area contributed by atoms with Gasteiger partial charge in [-0.15, -0.1) is 0 Å². The van der Waals surface area contributed by atoms with E-state index in [4.69, 9.17) is 0 Å². The Kier molecular flexibility index (Phi) is 5.24. The molecule has 5 nitrogen and oxygen atoms in total. The van der Waals surface area contributed by atoms with Gasteiger partial charge in [0.05, 0.1) is 6.26 Å². The second kappa shape index (κ2) is 6.77. The lowest BCUT2D eigenvalue weighted by Crippen LogP contribution is -2.41. The van der Waals surface area contributed by atoms with Crippen molar-refractivity contribution in [2.75, 3.05) is 19.3 Å². The Labute approximate surface area is 127 Å². The first kappa shape index (κ1) is 16.3. The van der Waals surface area contributed by atoms with E-state index in [0.717, 1.165) is 24.8 Å². The Morgan fingerprint density at radius 3 is 2.76 bits per heavy atom. The molecule has 2 atom stereocenters. The molecule has 1 saturated heterocycles. The summed E-state index contributed by atoms with van der Waals surface area (Å²) in [5, 5.41) is 13.3. The van der Waals surface area contributed by atoms with E-state index in [2.05, 4.69) is 5.32 Å². The molecule has 1 aromatic rings. The number of nitrogens with one attached hydrogen (secondary N) is 1. The van der Waals surface area contributed by atoms with E-state index in [1.807, 2.05) is 19.1 Å². The van der Waals surface area contributed by atoms with Gasteiger partial charge in [-0.25, -0.2) is 8.42 Å². The molecule has 1 aromatic carbocycles. The van der Waals surface area contributed by atoms with E-state index in [1.165, 1.54) is 6.26 Å². The maximum absolute atomic E-state index is 11.7. The molecular weight excluding hydrogens is 288 g/mol. The van der Waals surface area contributed by atoms with E-state index in [9.17, 15) is 13.5 Å². The van der Waals surface area contributed by atoms with Crippen LogP contribution >= 0.6 is 0 Å². The van der Waals surface area contributed by atoms with Crippen molar-refractivity contribution in [1.82, 2.24) is 9.62 Å². The number of nitrogens with zero attached hydrogens (tertiary/aromatic N) is 1. The molecule has 0 saturated carbocycles. The minimum Gasteiger partial charge on any atom is -0.508 e. The SMILES string of the molecule is CCC(NC[C@H]1CCCN1S(C)(=O)=O)c1ccccc1O. The van der Waals surface area contributed by atoms with Crippen molar-refractivity contribution >= 4 is 10.0 Å². The summed E-state index contributed by atoms with van der Waals surface area (Å²) in [6.07, 6.45) is 3.90. The summed E-state index contributed by atoms with van der Waals surface area (Å²) in [4.78, 5) is 0. The molecule has 0 spiro atoms. The Morgan fingerprint density at radius 1 is 1.43 bits per heavy atom. The zero-order chi connectivity index (χ0) is 15.5. The predicted molar refractivity (Wildman–Crippen MR) is 83.7 cm³/mol. The van der Waals surface area contributed by atoms with Crippen molar-refractivity contribution in [2.24, 2.45) is 0 Å². The molecular formula is C15H24N2O3S. The van der Waals surface area contributed by atoms with E-state index < -0.39 is 10.0 Å². The van der Waals surface area contributed by atoms with Crippen molar-refractivity contribution in [2.45, 2.75) is 38.3 Å². The minimum atomic E-state index is -3.14. The van der Waals surface area contributed by atoms with Crippen LogP contribution in [0.25, 0.3) is 0 Å². The second-order valence-electron chi connectivity index (χ2n) is 5.60. The largest absolute Gasteiger partial charge is 0.508 e. The van der Waals surface area contributed by atoms with Crippen LogP contribution < -0.4 is 5.32 Å². The maximum atomic E-state index is 11.7. The first-order valence-electron chi connectivity index (χ1n) is 7.41. The summed E-state index contributed by atoms with van der Waals surface area (Å²) in [6.45, 7) is 3.27. The van der Waals surface area contributed by atoms with Crippen LogP contribution in [0.1, 0.15) is 37.8 Å². The lowest BCUT2D eigenvalue weighted by molar-refractivity contribution is 0.353. The van der Waals surface area contributed by atoms with Crippen molar-refractivity contribution in [3.05, 3.63) is 29.8 Å². The molecule has 21 heavy (non-hydrogen) atoms. The van der Waals surface area contributed by atoms with Gasteiger partial charge >= 0.3 is 0 Å². The summed E-state index contributed by atoms with van der Waals surface area (Å²) in [6, 6.07) is 7.33. The monoisotopic (exact) mass is 312 g/mol. The van der Waals surface area contributed by atoms with Crippen LogP contribution in [-0.2, 0) is 10.0 Å². The van der Waals surface area contributed by atoms with Crippen LogP contribution in [0.15, 0.2) is 24.3 Å². The van der Waals surface area contributed by atoms with Crippen molar-refractivity contribution in [3.63, 3.8) is 0 Å². The molecule has 1 aliphatic rings. The van der Waals surface area contributed by atoms with Crippen LogP contribution in [0.2, 0.25) is 0 Å². The molecule has 1 fully saturated rings. The Morgan fingerprint density at radius 2 is 2.14 bits per heavy atom. The van der Waals surface area contributed by atoms with Gasteiger partial charge in [0.15, 0.2) is 0 Å². The summed E-state index contributed by atoms with van der Waals surface area (Å²) in [5.74, 6) is 0.281. The highest BCUT2D eigenvalue weighted by atomic mass is 32.2. The number of phenolic OH excluding ortho intramolecular Hbond substituents is 1. The molecule has 1 aliphatic heterocycles. The van der Waals surface area contributed by atoms with Crippen LogP contribution in [0, 0.1) is 0 Å². The number of rotatable bonds is 6. The molecule has 2 N–H and O–H groups in total. The molecule has 0 bridgehead atoms. The third kappa shape index (κ3) is 3.96. The number of sulfonamides is 1. The first-order valence-corrected chi connectivity index (χ1v) is 9.26. The standard InChI is InChI=1S/C15H24N2O3S/c1-3-14(13-8-4-5-9-15(13)18)16-11-12-7-6-10-17(12)21(2,19)20/h4-5,8-9,12,14,16,18H,3,6-7,10-11H2,1-2H3/t12-,14?/m1/s1. The first-order chi connectivity index (χ1) is 9.93. The van der Waals surface area contributed by atoms with E-state index in [-0.39, 0.29) is 17.8 Å². The van der Waals surface area contributed by atoms with Crippen LogP contribution in [0.3, 0.4) is 0 Å². The van der Waals surface area contributed by atoms with E-state index >= 15 is 0 Å². The molecule has 118 valence electrons. The Balaban J connectivity index is 2.02. The zero-order valence-electron chi connectivity index (χ0n) is 12.6.